The molecule has 0 saturated heterocycles. The summed E-state index contributed by atoms with van der Waals surface area (Å²) in [6.45, 7) is 0. The van der Waals surface area contributed by atoms with E-state index < -0.39 is 0 Å². The van der Waals surface area contributed by atoms with Crippen molar-refractivity contribution in [1.82, 2.24) is 5.43 Å². The number of hydrogen-bond acceptors (Lipinski definition) is 4. The van der Waals surface area contributed by atoms with Crippen LogP contribution in [-0.2, 0) is 6.42 Å². The van der Waals surface area contributed by atoms with Crippen LogP contribution in [-0.4, -0.2) is 17.9 Å². The van der Waals surface area contributed by atoms with Crippen LogP contribution in [0, 0.1) is 0 Å². The smallest absolute Gasteiger partial charge is 0.133 e. The molecule has 3 nitrogen and oxygen atoms in total. The average Bonchev–Trinajstić information content (AvgIpc) is 2.56. The average molecular weight is 300 g/mol. The second-order valence-corrected chi connectivity index (χ2v) is 6.27. The molecule has 2 atom stereocenters. The van der Waals surface area contributed by atoms with Gasteiger partial charge in [-0.1, -0.05) is 42.5 Å². The predicted molar refractivity (Wildman–Crippen MR) is 87.5 cm³/mol. The number of hydrogen-bond donors (Lipinski definition) is 2. The van der Waals surface area contributed by atoms with Crippen molar-refractivity contribution in [2.75, 3.05) is 5.75 Å². The number of hydrazine groups is 1. The first-order valence-corrected chi connectivity index (χ1v) is 8.24. The highest BCUT2D eigenvalue weighted by molar-refractivity contribution is 7.99. The van der Waals surface area contributed by atoms with Crippen LogP contribution in [0.15, 0.2) is 59.5 Å². The molecule has 3 rings (SSSR count). The van der Waals surface area contributed by atoms with Crippen LogP contribution in [0.4, 0.5) is 0 Å². The Hall–Kier alpha value is -1.49. The number of fused-ring (bicyclic) bond motifs is 1. The van der Waals surface area contributed by atoms with E-state index in [1.807, 2.05) is 36.0 Å². The summed E-state index contributed by atoms with van der Waals surface area (Å²) in [6, 6.07) is 18.8. The van der Waals surface area contributed by atoms with Crippen molar-refractivity contribution in [3.63, 3.8) is 0 Å². The first-order valence-electron chi connectivity index (χ1n) is 7.25. The van der Waals surface area contributed by atoms with Gasteiger partial charge in [0.1, 0.15) is 11.9 Å². The SMILES string of the molecule is NNC(CCc1ccccc1)C1CSc2ccccc2O1. The van der Waals surface area contributed by atoms with Gasteiger partial charge in [-0.25, -0.2) is 0 Å². The summed E-state index contributed by atoms with van der Waals surface area (Å²) in [5.41, 5.74) is 4.27. The summed E-state index contributed by atoms with van der Waals surface area (Å²) in [5, 5.41) is 0. The van der Waals surface area contributed by atoms with E-state index >= 15 is 0 Å². The number of para-hydroxylation sites is 1. The third-order valence-corrected chi connectivity index (χ3v) is 4.92. The Balaban J connectivity index is 1.62. The molecule has 1 aliphatic rings. The third kappa shape index (κ3) is 3.59. The van der Waals surface area contributed by atoms with Crippen LogP contribution < -0.4 is 16.0 Å². The Morgan fingerprint density at radius 3 is 2.71 bits per heavy atom. The maximum absolute atomic E-state index is 6.11. The minimum absolute atomic E-state index is 0.110. The summed E-state index contributed by atoms with van der Waals surface area (Å²) in [4.78, 5) is 1.22. The molecule has 4 heteroatoms. The molecule has 1 heterocycles. The Labute approximate surface area is 129 Å². The van der Waals surface area contributed by atoms with Crippen molar-refractivity contribution < 1.29 is 4.74 Å². The summed E-state index contributed by atoms with van der Waals surface area (Å²) in [7, 11) is 0. The van der Waals surface area contributed by atoms with Crippen LogP contribution in [0.1, 0.15) is 12.0 Å². The van der Waals surface area contributed by atoms with Gasteiger partial charge in [0.2, 0.25) is 0 Å². The van der Waals surface area contributed by atoms with Gasteiger partial charge in [-0.3, -0.25) is 11.3 Å². The highest BCUT2D eigenvalue weighted by Gasteiger charge is 2.27. The van der Waals surface area contributed by atoms with Crippen molar-refractivity contribution >= 4 is 11.8 Å². The van der Waals surface area contributed by atoms with Crippen LogP contribution in [0.3, 0.4) is 0 Å². The molecule has 2 aromatic rings. The first kappa shape index (κ1) is 14.4. The minimum Gasteiger partial charge on any atom is -0.487 e. The number of rotatable bonds is 5. The van der Waals surface area contributed by atoms with E-state index in [4.69, 9.17) is 10.6 Å². The van der Waals surface area contributed by atoms with Crippen LogP contribution >= 0.6 is 11.8 Å². The van der Waals surface area contributed by atoms with Gasteiger partial charge in [0.15, 0.2) is 0 Å². The van der Waals surface area contributed by atoms with E-state index in [9.17, 15) is 0 Å². The summed E-state index contributed by atoms with van der Waals surface area (Å²) < 4.78 is 6.11. The fourth-order valence-corrected chi connectivity index (χ4v) is 3.65. The summed E-state index contributed by atoms with van der Waals surface area (Å²) in [5.74, 6) is 7.65. The number of ether oxygens (including phenoxy) is 1. The molecule has 0 radical (unpaired) electrons. The standard InChI is InChI=1S/C17H20N2OS/c18-19-14(11-10-13-6-2-1-3-7-13)16-12-21-17-9-5-4-8-15(17)20-16/h1-9,14,16,19H,10-12,18H2. The number of nitrogens with two attached hydrogens (primary N) is 1. The lowest BCUT2D eigenvalue weighted by atomic mass is 10.0. The van der Waals surface area contributed by atoms with Gasteiger partial charge in [-0.2, -0.15) is 0 Å². The predicted octanol–water partition coefficient (Wildman–Crippen LogP) is 3.00. The monoisotopic (exact) mass is 300 g/mol. The van der Waals surface area contributed by atoms with Gasteiger partial charge in [0.05, 0.1) is 6.04 Å². The molecule has 0 fully saturated rings. The quantitative estimate of drug-likeness (QED) is 0.658. The number of benzene rings is 2. The fraction of sp³-hybridized carbons (Fsp3) is 0.294. The summed E-state index contributed by atoms with van der Waals surface area (Å²) >= 11 is 1.84. The Morgan fingerprint density at radius 2 is 1.90 bits per heavy atom. The Morgan fingerprint density at radius 1 is 1.14 bits per heavy atom. The molecule has 3 N–H and O–H groups in total. The lowest BCUT2D eigenvalue weighted by Crippen LogP contribution is -2.48. The molecule has 0 aliphatic carbocycles. The summed E-state index contributed by atoms with van der Waals surface area (Å²) in [6.07, 6.45) is 2.08. The zero-order valence-corrected chi connectivity index (χ0v) is 12.7. The molecular weight excluding hydrogens is 280 g/mol. The molecule has 21 heavy (non-hydrogen) atoms. The first-order chi connectivity index (χ1) is 10.4. The maximum Gasteiger partial charge on any atom is 0.133 e. The molecule has 1 aliphatic heterocycles. The molecule has 0 aromatic heterocycles. The highest BCUT2D eigenvalue weighted by atomic mass is 32.2. The minimum atomic E-state index is 0.110. The molecular formula is C17H20N2OS. The van der Waals surface area contributed by atoms with Crippen molar-refractivity contribution in [2.24, 2.45) is 5.84 Å². The lowest BCUT2D eigenvalue weighted by molar-refractivity contribution is 0.161. The second kappa shape index (κ2) is 6.98. The van der Waals surface area contributed by atoms with E-state index in [0.29, 0.717) is 0 Å². The van der Waals surface area contributed by atoms with Crippen LogP contribution in [0.25, 0.3) is 0 Å². The highest BCUT2D eigenvalue weighted by Crippen LogP contribution is 2.36. The molecule has 2 aromatic carbocycles. The number of nitrogens with one attached hydrogen (secondary N) is 1. The fourth-order valence-electron chi connectivity index (χ4n) is 2.58. The van der Waals surface area contributed by atoms with Gasteiger partial charge < -0.3 is 4.74 Å². The molecule has 0 amide bonds. The van der Waals surface area contributed by atoms with E-state index in [2.05, 4.69) is 35.8 Å². The zero-order valence-electron chi connectivity index (χ0n) is 11.9. The third-order valence-electron chi connectivity index (χ3n) is 3.78. The van der Waals surface area contributed by atoms with Crippen molar-refractivity contribution in [3.8, 4) is 5.75 Å². The van der Waals surface area contributed by atoms with E-state index in [0.717, 1.165) is 24.3 Å². The van der Waals surface area contributed by atoms with Gasteiger partial charge in [-0.15, -0.1) is 11.8 Å². The van der Waals surface area contributed by atoms with E-state index in [-0.39, 0.29) is 12.1 Å². The van der Waals surface area contributed by atoms with Crippen molar-refractivity contribution in [3.05, 3.63) is 60.2 Å². The number of thioether (sulfide) groups is 1. The van der Waals surface area contributed by atoms with Gasteiger partial charge >= 0.3 is 0 Å². The van der Waals surface area contributed by atoms with Crippen molar-refractivity contribution in [2.45, 2.75) is 29.9 Å². The largest absolute Gasteiger partial charge is 0.487 e. The Bertz CT molecular complexity index is 576. The van der Waals surface area contributed by atoms with Crippen molar-refractivity contribution in [1.29, 1.82) is 0 Å². The molecule has 0 saturated carbocycles. The van der Waals surface area contributed by atoms with Crippen LogP contribution in [0.5, 0.6) is 5.75 Å². The molecule has 2 unspecified atom stereocenters. The lowest BCUT2D eigenvalue weighted by Gasteiger charge is -2.31. The topological polar surface area (TPSA) is 47.3 Å². The molecule has 0 bridgehead atoms. The van der Waals surface area contributed by atoms with E-state index in [1.54, 1.807) is 0 Å². The second-order valence-electron chi connectivity index (χ2n) is 5.21. The maximum atomic E-state index is 6.11. The van der Waals surface area contributed by atoms with Gasteiger partial charge in [0.25, 0.3) is 0 Å². The number of aryl methyl sites for hydroxylation is 1. The molecule has 0 spiro atoms. The van der Waals surface area contributed by atoms with E-state index in [1.165, 1.54) is 10.5 Å². The zero-order chi connectivity index (χ0) is 14.5. The normalized spacial score (nSPS) is 18.6. The molecule has 110 valence electrons. The van der Waals surface area contributed by atoms with Gasteiger partial charge in [0, 0.05) is 10.6 Å². The Kier molecular flexibility index (Phi) is 4.80. The van der Waals surface area contributed by atoms with Gasteiger partial charge in [-0.05, 0) is 30.5 Å². The van der Waals surface area contributed by atoms with Crippen LogP contribution in [0.2, 0.25) is 0 Å².